The molecule has 92 valence electrons. The van der Waals surface area contributed by atoms with Crippen molar-refractivity contribution in [3.05, 3.63) is 46.5 Å². The molecule has 0 aliphatic carbocycles. The summed E-state index contributed by atoms with van der Waals surface area (Å²) in [5.41, 5.74) is 0.165. The number of aromatic nitrogens is 2. The number of amides is 1. The lowest BCUT2D eigenvalue weighted by atomic mass is 10.2. The van der Waals surface area contributed by atoms with E-state index in [-0.39, 0.29) is 11.4 Å². The standard InChI is InChI=1S/C11H8BrN3O3/c12-6-2-1-3-7(4-6)15-10(16)8-9(11(17)18)14-5-13-8/h1-5H,(H,13,14)(H,15,16)(H,17,18). The van der Waals surface area contributed by atoms with Crippen LogP contribution in [0.3, 0.4) is 0 Å². The van der Waals surface area contributed by atoms with Gasteiger partial charge in [0.05, 0.1) is 6.33 Å². The number of carboxylic acid groups (broad SMARTS) is 1. The molecule has 0 unspecified atom stereocenters. The maximum absolute atomic E-state index is 11.8. The number of carbonyl (C=O) groups excluding carboxylic acids is 1. The Bertz CT molecular complexity index is 609. The first-order valence-corrected chi connectivity index (χ1v) is 5.71. The zero-order valence-corrected chi connectivity index (χ0v) is 10.6. The maximum Gasteiger partial charge on any atom is 0.354 e. The number of benzene rings is 1. The van der Waals surface area contributed by atoms with Crippen LogP contribution in [0.4, 0.5) is 5.69 Å². The van der Waals surface area contributed by atoms with Crippen molar-refractivity contribution in [1.82, 2.24) is 9.97 Å². The van der Waals surface area contributed by atoms with E-state index in [0.29, 0.717) is 5.69 Å². The molecule has 0 fully saturated rings. The normalized spacial score (nSPS) is 10.1. The smallest absolute Gasteiger partial charge is 0.354 e. The number of anilines is 1. The van der Waals surface area contributed by atoms with Crippen LogP contribution in [-0.2, 0) is 0 Å². The molecule has 7 heteroatoms. The summed E-state index contributed by atoms with van der Waals surface area (Å²) in [6.07, 6.45) is 1.17. The number of aromatic carboxylic acids is 1. The van der Waals surface area contributed by atoms with Crippen molar-refractivity contribution in [3.63, 3.8) is 0 Å². The van der Waals surface area contributed by atoms with Crippen molar-refractivity contribution in [2.45, 2.75) is 0 Å². The average Bonchev–Trinajstić information content (AvgIpc) is 2.77. The number of carbonyl (C=O) groups is 2. The van der Waals surface area contributed by atoms with Crippen LogP contribution in [0.5, 0.6) is 0 Å². The van der Waals surface area contributed by atoms with Crippen molar-refractivity contribution in [3.8, 4) is 0 Å². The van der Waals surface area contributed by atoms with Gasteiger partial charge in [-0.15, -0.1) is 0 Å². The Hall–Kier alpha value is -2.15. The van der Waals surface area contributed by atoms with E-state index in [9.17, 15) is 9.59 Å². The van der Waals surface area contributed by atoms with Crippen molar-refractivity contribution in [2.24, 2.45) is 0 Å². The molecule has 0 spiro atoms. The number of halogens is 1. The molecule has 1 heterocycles. The maximum atomic E-state index is 11.8. The molecule has 0 atom stereocenters. The zero-order valence-electron chi connectivity index (χ0n) is 8.98. The number of aromatic amines is 1. The summed E-state index contributed by atoms with van der Waals surface area (Å²) in [5, 5.41) is 11.4. The second-order valence-corrected chi connectivity index (χ2v) is 4.31. The van der Waals surface area contributed by atoms with Gasteiger partial charge >= 0.3 is 5.97 Å². The molecular formula is C11H8BrN3O3. The molecule has 0 bridgehead atoms. The Labute approximate surface area is 110 Å². The van der Waals surface area contributed by atoms with E-state index < -0.39 is 11.9 Å². The number of hydrogen-bond donors (Lipinski definition) is 3. The second kappa shape index (κ2) is 5.01. The lowest BCUT2D eigenvalue weighted by Gasteiger charge is -2.04. The highest BCUT2D eigenvalue weighted by Gasteiger charge is 2.19. The van der Waals surface area contributed by atoms with Crippen LogP contribution >= 0.6 is 15.9 Å². The van der Waals surface area contributed by atoms with Gasteiger partial charge < -0.3 is 15.4 Å². The van der Waals surface area contributed by atoms with Crippen LogP contribution in [0.15, 0.2) is 35.1 Å². The van der Waals surface area contributed by atoms with Crippen LogP contribution in [0.2, 0.25) is 0 Å². The van der Waals surface area contributed by atoms with Gasteiger partial charge in [-0.3, -0.25) is 4.79 Å². The number of nitrogens with zero attached hydrogens (tertiary/aromatic N) is 1. The highest BCUT2D eigenvalue weighted by Crippen LogP contribution is 2.16. The van der Waals surface area contributed by atoms with Gasteiger partial charge in [0.25, 0.3) is 5.91 Å². The second-order valence-electron chi connectivity index (χ2n) is 3.40. The van der Waals surface area contributed by atoms with Crippen LogP contribution in [0.25, 0.3) is 0 Å². The summed E-state index contributed by atoms with van der Waals surface area (Å²) < 4.78 is 0.806. The first kappa shape index (κ1) is 12.3. The molecule has 0 saturated carbocycles. The van der Waals surface area contributed by atoms with Crippen molar-refractivity contribution >= 4 is 33.5 Å². The first-order chi connectivity index (χ1) is 8.58. The number of H-pyrrole nitrogens is 1. The summed E-state index contributed by atoms with van der Waals surface area (Å²) in [6.45, 7) is 0. The van der Waals surface area contributed by atoms with E-state index in [0.717, 1.165) is 4.47 Å². The Morgan fingerprint density at radius 1 is 1.39 bits per heavy atom. The van der Waals surface area contributed by atoms with Crippen LogP contribution in [0.1, 0.15) is 21.0 Å². The molecule has 1 aromatic carbocycles. The van der Waals surface area contributed by atoms with Crippen LogP contribution in [0, 0.1) is 0 Å². The Morgan fingerprint density at radius 3 is 2.83 bits per heavy atom. The van der Waals surface area contributed by atoms with Crippen molar-refractivity contribution < 1.29 is 14.7 Å². The predicted molar refractivity (Wildman–Crippen MR) is 67.6 cm³/mol. The van der Waals surface area contributed by atoms with E-state index in [1.54, 1.807) is 18.2 Å². The molecule has 3 N–H and O–H groups in total. The van der Waals surface area contributed by atoms with E-state index in [2.05, 4.69) is 31.2 Å². The summed E-state index contributed by atoms with van der Waals surface area (Å²) in [4.78, 5) is 28.8. The third-order valence-corrected chi connectivity index (χ3v) is 2.64. The quantitative estimate of drug-likeness (QED) is 0.809. The first-order valence-electron chi connectivity index (χ1n) is 4.91. The molecule has 0 aliphatic heterocycles. The summed E-state index contributed by atoms with van der Waals surface area (Å²) in [6, 6.07) is 6.95. The van der Waals surface area contributed by atoms with Gasteiger partial charge in [-0.25, -0.2) is 9.78 Å². The third-order valence-electron chi connectivity index (χ3n) is 2.15. The number of nitrogens with one attached hydrogen (secondary N) is 2. The van der Waals surface area contributed by atoms with E-state index in [4.69, 9.17) is 5.11 Å². The van der Waals surface area contributed by atoms with E-state index >= 15 is 0 Å². The largest absolute Gasteiger partial charge is 0.477 e. The minimum atomic E-state index is -1.23. The van der Waals surface area contributed by atoms with Gasteiger partial charge in [-0.2, -0.15) is 0 Å². The molecule has 6 nitrogen and oxygen atoms in total. The Kier molecular flexibility index (Phi) is 3.42. The van der Waals surface area contributed by atoms with E-state index in [1.807, 2.05) is 6.07 Å². The minimum absolute atomic E-state index is 0.150. The van der Waals surface area contributed by atoms with Crippen molar-refractivity contribution in [1.29, 1.82) is 0 Å². The molecular weight excluding hydrogens is 302 g/mol. The zero-order chi connectivity index (χ0) is 13.1. The van der Waals surface area contributed by atoms with Gasteiger partial charge in [0.1, 0.15) is 0 Å². The van der Waals surface area contributed by atoms with Crippen molar-refractivity contribution in [2.75, 3.05) is 5.32 Å². The summed E-state index contributed by atoms with van der Waals surface area (Å²) in [5.74, 6) is -1.81. The fraction of sp³-hybridized carbons (Fsp3) is 0. The molecule has 2 rings (SSSR count). The Balaban J connectivity index is 2.22. The summed E-state index contributed by atoms with van der Waals surface area (Å²) >= 11 is 3.27. The number of rotatable bonds is 3. The lowest BCUT2D eigenvalue weighted by molar-refractivity contribution is 0.0686. The fourth-order valence-electron chi connectivity index (χ4n) is 1.39. The monoisotopic (exact) mass is 309 g/mol. The third kappa shape index (κ3) is 2.57. The predicted octanol–water partition coefficient (Wildman–Crippen LogP) is 2.12. The van der Waals surface area contributed by atoms with E-state index in [1.165, 1.54) is 6.33 Å². The summed E-state index contributed by atoms with van der Waals surface area (Å²) in [7, 11) is 0. The number of imidazole rings is 1. The Morgan fingerprint density at radius 2 is 2.17 bits per heavy atom. The molecule has 2 aromatic rings. The molecule has 18 heavy (non-hydrogen) atoms. The molecule has 0 aliphatic rings. The van der Waals surface area contributed by atoms with Crippen LogP contribution in [-0.4, -0.2) is 27.0 Å². The number of hydrogen-bond acceptors (Lipinski definition) is 3. The van der Waals surface area contributed by atoms with Gasteiger partial charge in [0, 0.05) is 10.2 Å². The SMILES string of the molecule is O=C(Nc1cccc(Br)c1)c1nc[nH]c1C(=O)O. The molecule has 0 radical (unpaired) electrons. The number of carboxylic acids is 1. The van der Waals surface area contributed by atoms with Gasteiger partial charge in [0.2, 0.25) is 0 Å². The average molecular weight is 310 g/mol. The molecule has 0 saturated heterocycles. The fourth-order valence-corrected chi connectivity index (χ4v) is 1.79. The minimum Gasteiger partial charge on any atom is -0.477 e. The highest BCUT2D eigenvalue weighted by molar-refractivity contribution is 9.10. The van der Waals surface area contributed by atoms with Crippen LogP contribution < -0.4 is 5.32 Å². The molecule has 1 aromatic heterocycles. The highest BCUT2D eigenvalue weighted by atomic mass is 79.9. The topological polar surface area (TPSA) is 95.1 Å². The van der Waals surface area contributed by atoms with Gasteiger partial charge in [-0.1, -0.05) is 22.0 Å². The van der Waals surface area contributed by atoms with Gasteiger partial charge in [0.15, 0.2) is 11.4 Å². The lowest BCUT2D eigenvalue weighted by Crippen LogP contribution is -2.16. The van der Waals surface area contributed by atoms with Gasteiger partial charge in [-0.05, 0) is 18.2 Å². The molecule has 1 amide bonds.